The summed E-state index contributed by atoms with van der Waals surface area (Å²) < 4.78 is 10.8. The number of furan rings is 2. The second-order valence-electron chi connectivity index (χ2n) is 4.67. The second-order valence-corrected chi connectivity index (χ2v) is 4.67. The number of carbonyl (C=O) groups excluding carboxylic acids is 1. The third kappa shape index (κ3) is 4.37. The number of carboxylic acid groups (broad SMARTS) is 1. The maximum atomic E-state index is 12.1. The number of hydrogen-bond acceptors (Lipinski definition) is 4. The minimum Gasteiger partial charge on any atom is -0.478 e. The normalized spacial score (nSPS) is 11.0. The van der Waals surface area contributed by atoms with Gasteiger partial charge in [0.25, 0.3) is 0 Å². The molecule has 0 unspecified atom stereocenters. The summed E-state index contributed by atoms with van der Waals surface area (Å²) in [7, 11) is 0. The van der Waals surface area contributed by atoms with Gasteiger partial charge in [-0.2, -0.15) is 0 Å². The van der Waals surface area contributed by atoms with Gasteiger partial charge in [-0.25, -0.2) is 4.79 Å². The van der Waals surface area contributed by atoms with Crippen molar-refractivity contribution >= 4 is 11.9 Å². The number of nitrogens with zero attached hydrogens (tertiary/aromatic N) is 1. The monoisotopic (exact) mass is 303 g/mol. The number of rotatable bonds is 7. The van der Waals surface area contributed by atoms with E-state index in [4.69, 9.17) is 13.9 Å². The Morgan fingerprint density at radius 1 is 1.14 bits per heavy atom. The molecule has 1 N–H and O–H groups in total. The fourth-order valence-corrected chi connectivity index (χ4v) is 1.94. The van der Waals surface area contributed by atoms with E-state index in [1.165, 1.54) is 11.2 Å². The molecule has 1 amide bonds. The molecule has 0 saturated carbocycles. The van der Waals surface area contributed by atoms with Crippen molar-refractivity contribution in [1.82, 2.24) is 4.90 Å². The van der Waals surface area contributed by atoms with Crippen LogP contribution in [0.25, 0.3) is 0 Å². The molecular formula is C16H17NO5. The molecule has 0 aromatic carbocycles. The molecule has 0 aliphatic carbocycles. The molecule has 2 rings (SSSR count). The van der Waals surface area contributed by atoms with Gasteiger partial charge in [0.05, 0.1) is 19.4 Å². The first kappa shape index (κ1) is 15.6. The lowest BCUT2D eigenvalue weighted by Gasteiger charge is -2.18. The fraction of sp³-hybridized carbons (Fsp3) is 0.250. The van der Waals surface area contributed by atoms with Crippen LogP contribution in [0, 0.1) is 0 Å². The summed E-state index contributed by atoms with van der Waals surface area (Å²) in [5.74, 6) is 0.493. The first-order valence-corrected chi connectivity index (χ1v) is 6.88. The van der Waals surface area contributed by atoms with Crippen molar-refractivity contribution in [1.29, 1.82) is 0 Å². The number of aryl methyl sites for hydroxylation is 1. The third-order valence-corrected chi connectivity index (χ3v) is 3.02. The molecule has 0 fully saturated rings. The van der Waals surface area contributed by atoms with Gasteiger partial charge in [0.1, 0.15) is 17.3 Å². The number of amides is 1. The zero-order valence-corrected chi connectivity index (χ0v) is 12.2. The fourth-order valence-electron chi connectivity index (χ4n) is 1.94. The minimum absolute atomic E-state index is 0.234. The van der Waals surface area contributed by atoms with Gasteiger partial charge in [-0.1, -0.05) is 6.92 Å². The van der Waals surface area contributed by atoms with E-state index in [2.05, 4.69) is 0 Å². The van der Waals surface area contributed by atoms with E-state index in [0.717, 1.165) is 24.3 Å². The molecule has 0 spiro atoms. The number of carboxylic acids is 1. The van der Waals surface area contributed by atoms with E-state index < -0.39 is 11.9 Å². The first-order valence-electron chi connectivity index (χ1n) is 6.88. The van der Waals surface area contributed by atoms with Crippen LogP contribution in [0.2, 0.25) is 0 Å². The molecule has 6 nitrogen and oxygen atoms in total. The van der Waals surface area contributed by atoms with Crippen LogP contribution < -0.4 is 0 Å². The second kappa shape index (κ2) is 7.31. The third-order valence-electron chi connectivity index (χ3n) is 3.02. The molecule has 0 atom stereocenters. The molecule has 0 aliphatic rings. The van der Waals surface area contributed by atoms with Crippen LogP contribution >= 0.6 is 0 Å². The van der Waals surface area contributed by atoms with E-state index in [1.54, 1.807) is 12.1 Å². The van der Waals surface area contributed by atoms with Gasteiger partial charge in [-0.05, 0) is 24.3 Å². The van der Waals surface area contributed by atoms with Crippen LogP contribution in [0.5, 0.6) is 0 Å². The van der Waals surface area contributed by atoms with Crippen LogP contribution in [-0.4, -0.2) is 21.9 Å². The molecule has 2 aromatic rings. The van der Waals surface area contributed by atoms with E-state index in [0.29, 0.717) is 11.5 Å². The lowest BCUT2D eigenvalue weighted by molar-refractivity contribution is -0.132. The molecule has 6 heteroatoms. The standard InChI is InChI=1S/C16H17NO5/c1-2-12-5-6-14(22-12)11-17(10-13-4-3-9-21-13)15(18)7-8-16(19)20/h3-9H,2,10-11H2,1H3,(H,19,20)/b8-7-. The smallest absolute Gasteiger partial charge is 0.328 e. The van der Waals surface area contributed by atoms with Crippen LogP contribution in [0.4, 0.5) is 0 Å². The first-order chi connectivity index (χ1) is 10.6. The van der Waals surface area contributed by atoms with Gasteiger partial charge in [-0.15, -0.1) is 0 Å². The van der Waals surface area contributed by atoms with Gasteiger partial charge in [0.2, 0.25) is 5.91 Å². The molecule has 116 valence electrons. The molecule has 0 radical (unpaired) electrons. The lowest BCUT2D eigenvalue weighted by atomic mass is 10.3. The van der Waals surface area contributed by atoms with Crippen molar-refractivity contribution in [2.45, 2.75) is 26.4 Å². The largest absolute Gasteiger partial charge is 0.478 e. The van der Waals surface area contributed by atoms with Crippen LogP contribution in [0.1, 0.15) is 24.2 Å². The number of hydrogen-bond donors (Lipinski definition) is 1. The molecule has 0 aliphatic heterocycles. The molecular weight excluding hydrogens is 286 g/mol. The summed E-state index contributed by atoms with van der Waals surface area (Å²) in [6.45, 7) is 2.45. The average Bonchev–Trinajstić information content (AvgIpc) is 3.15. The Morgan fingerprint density at radius 3 is 2.45 bits per heavy atom. The van der Waals surface area contributed by atoms with Gasteiger partial charge in [0.15, 0.2) is 0 Å². The number of aliphatic carboxylic acids is 1. The zero-order valence-electron chi connectivity index (χ0n) is 12.2. The Balaban J connectivity index is 2.13. The van der Waals surface area contributed by atoms with E-state index in [-0.39, 0.29) is 13.1 Å². The Kier molecular flexibility index (Phi) is 5.19. The van der Waals surface area contributed by atoms with Crippen molar-refractivity contribution in [3.63, 3.8) is 0 Å². The van der Waals surface area contributed by atoms with Crippen LogP contribution in [0.15, 0.2) is 51.5 Å². The summed E-state index contributed by atoms with van der Waals surface area (Å²) >= 11 is 0. The van der Waals surface area contributed by atoms with Gasteiger partial charge in [0, 0.05) is 18.6 Å². The summed E-state index contributed by atoms with van der Waals surface area (Å²) in [4.78, 5) is 24.2. The molecule has 0 saturated heterocycles. The summed E-state index contributed by atoms with van der Waals surface area (Å²) in [6.07, 6.45) is 4.13. The SMILES string of the molecule is CCc1ccc(CN(Cc2ccco2)C(=O)/C=C\C(=O)O)o1. The van der Waals surface area contributed by atoms with Crippen molar-refractivity contribution in [2.75, 3.05) is 0 Å². The van der Waals surface area contributed by atoms with Crippen LogP contribution in [0.3, 0.4) is 0 Å². The van der Waals surface area contributed by atoms with Crippen LogP contribution in [-0.2, 0) is 29.1 Å². The lowest BCUT2D eigenvalue weighted by Crippen LogP contribution is -2.28. The zero-order chi connectivity index (χ0) is 15.9. The highest BCUT2D eigenvalue weighted by Gasteiger charge is 2.16. The summed E-state index contributed by atoms with van der Waals surface area (Å²) in [6, 6.07) is 7.15. The molecule has 0 bridgehead atoms. The predicted molar refractivity (Wildman–Crippen MR) is 77.8 cm³/mol. The average molecular weight is 303 g/mol. The Hall–Kier alpha value is -2.76. The topological polar surface area (TPSA) is 83.9 Å². The van der Waals surface area contributed by atoms with Gasteiger partial charge in [-0.3, -0.25) is 4.79 Å². The predicted octanol–water partition coefficient (Wildman–Crippen LogP) is 2.60. The van der Waals surface area contributed by atoms with E-state index in [1.807, 2.05) is 19.1 Å². The molecule has 22 heavy (non-hydrogen) atoms. The summed E-state index contributed by atoms with van der Waals surface area (Å²) in [5, 5.41) is 8.63. The van der Waals surface area contributed by atoms with E-state index in [9.17, 15) is 9.59 Å². The van der Waals surface area contributed by atoms with Gasteiger partial charge < -0.3 is 18.8 Å². The van der Waals surface area contributed by atoms with Crippen molar-refractivity contribution < 1.29 is 23.5 Å². The van der Waals surface area contributed by atoms with E-state index >= 15 is 0 Å². The Labute approximate surface area is 127 Å². The minimum atomic E-state index is -1.17. The van der Waals surface area contributed by atoms with Crippen molar-refractivity contribution in [3.05, 3.63) is 60.0 Å². The quantitative estimate of drug-likeness (QED) is 0.795. The highest BCUT2D eigenvalue weighted by molar-refractivity contribution is 5.93. The maximum absolute atomic E-state index is 12.1. The van der Waals surface area contributed by atoms with Crippen molar-refractivity contribution in [3.8, 4) is 0 Å². The molecule has 2 heterocycles. The highest BCUT2D eigenvalue weighted by atomic mass is 16.4. The maximum Gasteiger partial charge on any atom is 0.328 e. The Morgan fingerprint density at radius 2 is 1.86 bits per heavy atom. The Bertz CT molecular complexity index is 654. The summed E-state index contributed by atoms with van der Waals surface area (Å²) in [5.41, 5.74) is 0. The van der Waals surface area contributed by atoms with Gasteiger partial charge >= 0.3 is 5.97 Å². The number of carbonyl (C=O) groups is 2. The highest BCUT2D eigenvalue weighted by Crippen LogP contribution is 2.14. The van der Waals surface area contributed by atoms with Crippen molar-refractivity contribution in [2.24, 2.45) is 0 Å². The molecule has 2 aromatic heterocycles.